The van der Waals surface area contributed by atoms with Gasteiger partial charge in [-0.25, -0.2) is 9.48 Å². The Morgan fingerprint density at radius 3 is 2.56 bits per heavy atom. The number of aromatic nitrogens is 4. The van der Waals surface area contributed by atoms with E-state index in [9.17, 15) is 9.59 Å². The summed E-state index contributed by atoms with van der Waals surface area (Å²) in [7, 11) is 0. The van der Waals surface area contributed by atoms with E-state index in [0.717, 1.165) is 0 Å². The molecule has 0 saturated heterocycles. The highest BCUT2D eigenvalue weighted by molar-refractivity contribution is 6.35. The molecule has 2 aromatic carbocycles. The lowest BCUT2D eigenvalue weighted by Gasteiger charge is -2.14. The third-order valence-electron chi connectivity index (χ3n) is 3.56. The number of carbonyl (C=O) groups excluding carboxylic acids is 2. The largest absolute Gasteiger partial charge is 0.449 e. The van der Waals surface area contributed by atoms with Gasteiger partial charge in [0.25, 0.3) is 5.91 Å². The summed E-state index contributed by atoms with van der Waals surface area (Å²) in [6.07, 6.45) is 0.396. The lowest BCUT2D eigenvalue weighted by Crippen LogP contribution is -2.30. The summed E-state index contributed by atoms with van der Waals surface area (Å²) in [6, 6.07) is 11.1. The van der Waals surface area contributed by atoms with E-state index < -0.39 is 18.0 Å². The predicted octanol–water partition coefficient (Wildman–Crippen LogP) is 3.15. The Kier molecular flexibility index (Phi) is 5.68. The highest BCUT2D eigenvalue weighted by atomic mass is 35.5. The van der Waals surface area contributed by atoms with Gasteiger partial charge in [-0.2, -0.15) is 0 Å². The Bertz CT molecular complexity index is 961. The molecule has 10 heteroatoms. The standard InChI is InChI=1S/C17H13Cl2N5O3/c1-10(16(25)21-15-8-12(18)4-7-14(15)19)27-17(26)11-2-5-13(6-3-11)24-9-20-22-23-24/h2-10H,1H3,(H,21,25)/t10-/m0/s1. The Morgan fingerprint density at radius 1 is 1.15 bits per heavy atom. The smallest absolute Gasteiger partial charge is 0.338 e. The number of carbonyl (C=O) groups is 2. The Labute approximate surface area is 164 Å². The molecule has 1 N–H and O–H groups in total. The Balaban J connectivity index is 1.63. The summed E-state index contributed by atoms with van der Waals surface area (Å²) >= 11 is 11.9. The molecule has 1 aromatic heterocycles. The number of anilines is 1. The van der Waals surface area contributed by atoms with Crippen molar-refractivity contribution >= 4 is 40.8 Å². The van der Waals surface area contributed by atoms with Crippen molar-refractivity contribution < 1.29 is 14.3 Å². The van der Waals surface area contributed by atoms with Gasteiger partial charge in [-0.05, 0) is 59.8 Å². The highest BCUT2D eigenvalue weighted by Crippen LogP contribution is 2.25. The van der Waals surface area contributed by atoms with Crippen molar-refractivity contribution in [2.24, 2.45) is 0 Å². The van der Waals surface area contributed by atoms with E-state index in [1.165, 1.54) is 24.0 Å². The molecule has 27 heavy (non-hydrogen) atoms. The normalized spacial score (nSPS) is 11.7. The van der Waals surface area contributed by atoms with Crippen LogP contribution in [0.25, 0.3) is 5.69 Å². The maximum Gasteiger partial charge on any atom is 0.338 e. The van der Waals surface area contributed by atoms with Gasteiger partial charge in [0.05, 0.1) is 22.0 Å². The van der Waals surface area contributed by atoms with E-state index in [-0.39, 0.29) is 5.56 Å². The molecule has 3 rings (SSSR count). The minimum absolute atomic E-state index is 0.285. The Hall–Kier alpha value is -2.97. The van der Waals surface area contributed by atoms with E-state index >= 15 is 0 Å². The van der Waals surface area contributed by atoms with Crippen LogP contribution in [0, 0.1) is 0 Å². The summed E-state index contributed by atoms with van der Waals surface area (Å²) < 4.78 is 6.64. The molecule has 8 nitrogen and oxygen atoms in total. The van der Waals surface area contributed by atoms with Crippen molar-refractivity contribution in [2.75, 3.05) is 5.32 Å². The van der Waals surface area contributed by atoms with Crippen molar-refractivity contribution in [1.82, 2.24) is 20.2 Å². The first-order chi connectivity index (χ1) is 12.9. The molecule has 1 amide bonds. The molecule has 3 aromatic rings. The van der Waals surface area contributed by atoms with Gasteiger partial charge < -0.3 is 10.1 Å². The first-order valence-corrected chi connectivity index (χ1v) is 8.50. The van der Waals surface area contributed by atoms with Crippen LogP contribution in [0.4, 0.5) is 5.69 Å². The summed E-state index contributed by atoms with van der Waals surface area (Å²) in [4.78, 5) is 24.5. The number of nitrogens with one attached hydrogen (secondary N) is 1. The van der Waals surface area contributed by atoms with Crippen molar-refractivity contribution in [3.05, 3.63) is 64.4 Å². The first kappa shape index (κ1) is 18.8. The lowest BCUT2D eigenvalue weighted by atomic mass is 10.2. The summed E-state index contributed by atoms with van der Waals surface area (Å²) in [6.45, 7) is 1.46. The number of amides is 1. The topological polar surface area (TPSA) is 99.0 Å². The van der Waals surface area contributed by atoms with Crippen LogP contribution in [0.15, 0.2) is 48.8 Å². The number of hydrogen-bond acceptors (Lipinski definition) is 6. The molecule has 0 bridgehead atoms. The number of esters is 1. The fourth-order valence-corrected chi connectivity index (χ4v) is 2.48. The summed E-state index contributed by atoms with van der Waals surface area (Å²) in [5.74, 6) is -1.17. The summed E-state index contributed by atoms with van der Waals surface area (Å²) in [5, 5.41) is 14.2. The van der Waals surface area contributed by atoms with Crippen LogP contribution in [0.3, 0.4) is 0 Å². The van der Waals surface area contributed by atoms with Gasteiger partial charge in [-0.1, -0.05) is 23.2 Å². The van der Waals surface area contributed by atoms with Crippen LogP contribution in [-0.4, -0.2) is 38.2 Å². The maximum absolute atomic E-state index is 12.2. The number of halogens is 2. The fraction of sp³-hybridized carbons (Fsp3) is 0.118. The molecule has 0 unspecified atom stereocenters. The number of benzene rings is 2. The molecule has 0 aliphatic carbocycles. The average Bonchev–Trinajstić information content (AvgIpc) is 3.19. The molecular formula is C17H13Cl2N5O3. The van der Waals surface area contributed by atoms with Crippen molar-refractivity contribution in [2.45, 2.75) is 13.0 Å². The molecule has 0 radical (unpaired) electrons. The van der Waals surface area contributed by atoms with E-state index in [4.69, 9.17) is 27.9 Å². The SMILES string of the molecule is C[C@H](OC(=O)c1ccc(-n2cnnn2)cc1)C(=O)Nc1cc(Cl)ccc1Cl. The van der Waals surface area contributed by atoms with Crippen LogP contribution < -0.4 is 5.32 Å². The molecule has 1 heterocycles. The van der Waals surface area contributed by atoms with Gasteiger partial charge in [0.15, 0.2) is 6.10 Å². The van der Waals surface area contributed by atoms with E-state index in [0.29, 0.717) is 21.4 Å². The molecule has 138 valence electrons. The van der Waals surface area contributed by atoms with Crippen LogP contribution in [-0.2, 0) is 9.53 Å². The van der Waals surface area contributed by atoms with E-state index in [1.54, 1.807) is 36.4 Å². The van der Waals surface area contributed by atoms with Gasteiger partial charge in [0.2, 0.25) is 0 Å². The second kappa shape index (κ2) is 8.15. The zero-order valence-electron chi connectivity index (χ0n) is 14.0. The van der Waals surface area contributed by atoms with E-state index in [1.807, 2.05) is 0 Å². The third-order valence-corrected chi connectivity index (χ3v) is 4.12. The van der Waals surface area contributed by atoms with Crippen LogP contribution >= 0.6 is 23.2 Å². The van der Waals surface area contributed by atoms with E-state index in [2.05, 4.69) is 20.8 Å². The van der Waals surface area contributed by atoms with Gasteiger partial charge in [0.1, 0.15) is 6.33 Å². The summed E-state index contributed by atoms with van der Waals surface area (Å²) in [5.41, 5.74) is 1.30. The molecular weight excluding hydrogens is 393 g/mol. The second-order valence-electron chi connectivity index (χ2n) is 5.46. The number of rotatable bonds is 5. The Morgan fingerprint density at radius 2 is 1.89 bits per heavy atom. The molecule has 0 aliphatic rings. The average molecular weight is 406 g/mol. The maximum atomic E-state index is 12.2. The zero-order chi connectivity index (χ0) is 19.4. The van der Waals surface area contributed by atoms with Crippen LogP contribution in [0.5, 0.6) is 0 Å². The number of ether oxygens (including phenoxy) is 1. The zero-order valence-corrected chi connectivity index (χ0v) is 15.5. The van der Waals surface area contributed by atoms with Crippen molar-refractivity contribution in [1.29, 1.82) is 0 Å². The minimum atomic E-state index is -1.04. The molecule has 0 fully saturated rings. The lowest BCUT2D eigenvalue weighted by molar-refractivity contribution is -0.123. The van der Waals surface area contributed by atoms with Crippen molar-refractivity contribution in [3.8, 4) is 5.69 Å². The number of hydrogen-bond donors (Lipinski definition) is 1. The molecule has 0 saturated carbocycles. The first-order valence-electron chi connectivity index (χ1n) is 7.74. The quantitative estimate of drug-likeness (QED) is 0.654. The van der Waals surface area contributed by atoms with Crippen LogP contribution in [0.1, 0.15) is 17.3 Å². The third kappa shape index (κ3) is 4.60. The fourth-order valence-electron chi connectivity index (χ4n) is 2.14. The van der Waals surface area contributed by atoms with Gasteiger partial charge in [-0.3, -0.25) is 4.79 Å². The van der Waals surface area contributed by atoms with Gasteiger partial charge >= 0.3 is 5.97 Å². The molecule has 0 spiro atoms. The highest BCUT2D eigenvalue weighted by Gasteiger charge is 2.20. The monoisotopic (exact) mass is 405 g/mol. The van der Waals surface area contributed by atoms with Crippen molar-refractivity contribution in [3.63, 3.8) is 0 Å². The number of nitrogens with zero attached hydrogens (tertiary/aromatic N) is 4. The van der Waals surface area contributed by atoms with Crippen LogP contribution in [0.2, 0.25) is 10.0 Å². The second-order valence-corrected chi connectivity index (χ2v) is 6.31. The minimum Gasteiger partial charge on any atom is -0.449 e. The molecule has 1 atom stereocenters. The van der Waals surface area contributed by atoms with Gasteiger partial charge in [-0.15, -0.1) is 5.10 Å². The molecule has 0 aliphatic heterocycles. The predicted molar refractivity (Wildman–Crippen MR) is 99.1 cm³/mol. The number of tetrazole rings is 1. The van der Waals surface area contributed by atoms with Gasteiger partial charge in [0, 0.05) is 5.02 Å².